The van der Waals surface area contributed by atoms with E-state index in [9.17, 15) is 32.7 Å². The molecule has 3 atom stereocenters. The number of β-lactam (4-membered cyclic amide) rings is 1. The van der Waals surface area contributed by atoms with E-state index in [4.69, 9.17) is 25.6 Å². The van der Waals surface area contributed by atoms with Crippen molar-refractivity contribution in [3.63, 3.8) is 0 Å². The van der Waals surface area contributed by atoms with Gasteiger partial charge in [-0.25, -0.2) is 24.5 Å². The Morgan fingerprint density at radius 2 is 1.83 bits per heavy atom. The fourth-order valence-corrected chi connectivity index (χ4v) is 6.07. The predicted octanol–water partition coefficient (Wildman–Crippen LogP) is 1.16. The zero-order valence-electron chi connectivity index (χ0n) is 29.2. The lowest BCUT2D eigenvalue weighted by atomic mass is 9.84. The number of aryl methyl sites for hydroxylation is 1. The molecule has 2 aromatic heterocycles. The highest BCUT2D eigenvalue weighted by molar-refractivity contribution is 7.80. The average Bonchev–Trinajstić information content (AvgIpc) is 3.53. The van der Waals surface area contributed by atoms with Crippen molar-refractivity contribution in [3.05, 3.63) is 53.7 Å². The molecule has 0 aliphatic carbocycles. The number of benzene rings is 1. The normalized spacial score (nSPS) is 16.6. The smallest absolute Gasteiger partial charge is 0.418 e. The van der Waals surface area contributed by atoms with Crippen molar-refractivity contribution in [1.29, 1.82) is 0 Å². The van der Waals surface area contributed by atoms with Gasteiger partial charge >= 0.3 is 22.3 Å². The average molecular weight is 778 g/mol. The second kappa shape index (κ2) is 17.1. The van der Waals surface area contributed by atoms with Crippen LogP contribution < -0.4 is 31.4 Å². The largest absolute Gasteiger partial charge is 0.489 e. The number of anilines is 2. The molecule has 0 radical (unpaired) electrons. The summed E-state index contributed by atoms with van der Waals surface area (Å²) in [6.07, 6.45) is 3.64. The summed E-state index contributed by atoms with van der Waals surface area (Å²) in [5.41, 5.74) is 11.3. The Labute approximate surface area is 308 Å². The van der Waals surface area contributed by atoms with E-state index in [1.165, 1.54) is 19.2 Å². The van der Waals surface area contributed by atoms with Crippen LogP contribution in [0.25, 0.3) is 11.1 Å². The van der Waals surface area contributed by atoms with E-state index in [1.54, 1.807) is 41.9 Å². The van der Waals surface area contributed by atoms with Gasteiger partial charge in [-0.2, -0.15) is 13.5 Å². The third-order valence-electron chi connectivity index (χ3n) is 8.08. The van der Waals surface area contributed by atoms with Gasteiger partial charge in [-0.1, -0.05) is 43.5 Å². The summed E-state index contributed by atoms with van der Waals surface area (Å²) in [4.78, 5) is 59.6. The molecule has 4 rings (SSSR count). The number of aromatic nitrogens is 2. The maximum atomic E-state index is 13.3. The second-order valence-corrected chi connectivity index (χ2v) is 14.4. The van der Waals surface area contributed by atoms with Crippen molar-refractivity contribution in [2.45, 2.75) is 70.2 Å². The number of ether oxygens (including phenoxy) is 1. The number of pyridine rings is 1. The summed E-state index contributed by atoms with van der Waals surface area (Å²) in [6, 6.07) is 8.38. The van der Waals surface area contributed by atoms with Crippen LogP contribution in [0.5, 0.6) is 5.75 Å². The molecule has 53 heavy (non-hydrogen) atoms. The molecule has 3 heterocycles. The molecule has 3 amide bonds. The number of carboxylic acid groups (broad SMARTS) is 1. The zero-order valence-corrected chi connectivity index (χ0v) is 30.8. The number of amides is 3. The van der Waals surface area contributed by atoms with Gasteiger partial charge in [0.2, 0.25) is 0 Å². The van der Waals surface area contributed by atoms with Crippen molar-refractivity contribution >= 4 is 62.1 Å². The minimum Gasteiger partial charge on any atom is -0.489 e. The number of nitrogen functional groups attached to an aromatic ring is 1. The van der Waals surface area contributed by atoms with Gasteiger partial charge < -0.3 is 31.5 Å². The summed E-state index contributed by atoms with van der Waals surface area (Å²) in [5, 5.41) is 20.5. The number of oxime groups is 1. The molecule has 1 aliphatic heterocycles. The molecular weight excluding hydrogens is 737 g/mol. The highest BCUT2D eigenvalue weighted by Gasteiger charge is 2.58. The van der Waals surface area contributed by atoms with Gasteiger partial charge in [0, 0.05) is 17.0 Å². The predicted molar refractivity (Wildman–Crippen MR) is 190 cm³/mol. The Hall–Kier alpha value is -5.22. The van der Waals surface area contributed by atoms with Crippen LogP contribution in [-0.4, -0.2) is 87.9 Å². The fourth-order valence-electron chi connectivity index (χ4n) is 5.07. The number of carbonyl (C=O) groups is 4. The van der Waals surface area contributed by atoms with Crippen LogP contribution in [0.1, 0.15) is 52.1 Å². The van der Waals surface area contributed by atoms with Gasteiger partial charge in [0.1, 0.15) is 30.1 Å². The highest BCUT2D eigenvalue weighted by atomic mass is 32.3. The molecule has 1 fully saturated rings. The van der Waals surface area contributed by atoms with E-state index in [1.807, 2.05) is 12.3 Å². The van der Waals surface area contributed by atoms with Crippen LogP contribution in [0, 0.1) is 0 Å². The molecule has 1 aromatic carbocycles. The first-order valence-corrected chi connectivity index (χ1v) is 18.4. The van der Waals surface area contributed by atoms with Gasteiger partial charge in [0.15, 0.2) is 10.8 Å². The SMILES string of the molecule is CCCCC[C@@H](N)C(=O)Nc1ccc(-c2ccc(OC[C@H](O/N=C(\C(=O)N[C@@H]3C(=O)N(OS(=O)(=O)O)C3(C)C)c3csc(N)n3)C(=O)O)cc2)c[n+]1C. The summed E-state index contributed by atoms with van der Waals surface area (Å²) >= 11 is 0.948. The third kappa shape index (κ3) is 10.4. The van der Waals surface area contributed by atoms with Gasteiger partial charge in [-0.05, 0) is 44.0 Å². The first-order chi connectivity index (χ1) is 24.9. The Balaban J connectivity index is 1.40. The summed E-state index contributed by atoms with van der Waals surface area (Å²) in [5.74, 6) is -2.91. The van der Waals surface area contributed by atoms with Crippen LogP contribution in [0.2, 0.25) is 0 Å². The molecule has 19 nitrogen and oxygen atoms in total. The Morgan fingerprint density at radius 1 is 1.15 bits per heavy atom. The molecule has 0 unspecified atom stereocenters. The number of nitrogens with two attached hydrogens (primary N) is 2. The molecule has 0 bridgehead atoms. The van der Waals surface area contributed by atoms with Crippen LogP contribution in [-0.2, 0) is 45.7 Å². The topological polar surface area (TPSA) is 279 Å². The second-order valence-electron chi connectivity index (χ2n) is 12.5. The van der Waals surface area contributed by atoms with Crippen molar-refractivity contribution in [2.75, 3.05) is 17.7 Å². The van der Waals surface area contributed by atoms with Crippen LogP contribution in [0.15, 0.2) is 53.1 Å². The highest BCUT2D eigenvalue weighted by Crippen LogP contribution is 2.33. The molecule has 0 saturated carbocycles. The standard InChI is InChI=1S/C32H40N8O11S2/c1-5-6-7-8-21(33)27(41)36-24-14-11-19(15-39(24)4)18-9-12-20(13-10-18)49-16-23(30(44)45)50-38-25(22-17-52-31(34)35-22)28(42)37-26-29(43)40(32(26,2)3)51-53(46,47)48/h9-15,17,21,23,26H,5-8,16,33H2,1-4H3,(H5,34,35,37,42,44,45,46,47,48)/p+1/b38-25-/t21-,23+,26-/m1/s1. The van der Waals surface area contributed by atoms with Crippen molar-refractivity contribution in [3.8, 4) is 16.9 Å². The van der Waals surface area contributed by atoms with Gasteiger partial charge in [0.05, 0.1) is 18.8 Å². The van der Waals surface area contributed by atoms with Crippen LogP contribution in [0.4, 0.5) is 10.9 Å². The van der Waals surface area contributed by atoms with E-state index in [0.717, 1.165) is 41.7 Å². The van der Waals surface area contributed by atoms with Crippen molar-refractivity contribution in [1.82, 2.24) is 15.4 Å². The number of thiazole rings is 1. The van der Waals surface area contributed by atoms with Crippen molar-refractivity contribution in [2.24, 2.45) is 17.9 Å². The number of aliphatic carboxylic acids is 1. The third-order valence-corrected chi connectivity index (χ3v) is 9.09. The van der Waals surface area contributed by atoms with Gasteiger partial charge in [-0.3, -0.25) is 14.1 Å². The molecule has 286 valence electrons. The number of carboxylic acids is 1. The van der Waals surface area contributed by atoms with Gasteiger partial charge in [0.25, 0.3) is 23.7 Å². The first-order valence-electron chi connectivity index (χ1n) is 16.2. The van der Waals surface area contributed by atoms with E-state index in [-0.39, 0.29) is 16.7 Å². The van der Waals surface area contributed by atoms with E-state index in [2.05, 4.69) is 32.0 Å². The number of unbranched alkanes of at least 4 members (excludes halogenated alkanes) is 2. The van der Waals surface area contributed by atoms with E-state index in [0.29, 0.717) is 23.1 Å². The first kappa shape index (κ1) is 40.5. The van der Waals surface area contributed by atoms with E-state index < -0.39 is 64.2 Å². The molecule has 8 N–H and O–H groups in total. The number of hydrogen-bond acceptors (Lipinski definition) is 14. The molecule has 0 spiro atoms. The molecule has 1 saturated heterocycles. The van der Waals surface area contributed by atoms with Crippen LogP contribution in [0.3, 0.4) is 0 Å². The van der Waals surface area contributed by atoms with E-state index >= 15 is 0 Å². The minimum absolute atomic E-state index is 0.0456. The minimum atomic E-state index is -5.03. The quantitative estimate of drug-likeness (QED) is 0.0264. The molecule has 3 aromatic rings. The van der Waals surface area contributed by atoms with Crippen molar-refractivity contribution < 1.29 is 55.7 Å². The van der Waals surface area contributed by atoms with Gasteiger partial charge in [-0.15, -0.1) is 15.6 Å². The molecule has 1 aliphatic rings. The summed E-state index contributed by atoms with van der Waals surface area (Å²) in [6.45, 7) is 4.26. The summed E-state index contributed by atoms with van der Waals surface area (Å²) in [7, 11) is -3.24. The number of hydroxylamine groups is 2. The molecular formula is C32H41N8O11S2+. The number of nitrogens with one attached hydrogen (secondary N) is 2. The lowest BCUT2D eigenvalue weighted by Gasteiger charge is -2.50. The number of nitrogens with zero attached hydrogens (tertiary/aromatic N) is 4. The zero-order chi connectivity index (χ0) is 39.1. The fraction of sp³-hybridized carbons (Fsp3) is 0.406. The Kier molecular flexibility index (Phi) is 13.1. The number of carbonyl (C=O) groups excluding carboxylic acids is 3. The molecule has 21 heteroatoms. The Bertz CT molecular complexity index is 1970. The lowest BCUT2D eigenvalue weighted by molar-refractivity contribution is -0.656. The summed E-state index contributed by atoms with van der Waals surface area (Å²) < 4.78 is 42.9. The maximum absolute atomic E-state index is 13.3. The van der Waals surface area contributed by atoms with Crippen LogP contribution >= 0.6 is 11.3 Å². The maximum Gasteiger partial charge on any atom is 0.418 e. The number of rotatable bonds is 18. The Morgan fingerprint density at radius 3 is 2.40 bits per heavy atom. The monoisotopic (exact) mass is 777 g/mol. The lowest BCUT2D eigenvalue weighted by Crippen LogP contribution is -2.76. The number of hydrogen-bond donors (Lipinski definition) is 6.